The van der Waals surface area contributed by atoms with E-state index in [2.05, 4.69) is 11.9 Å². The molecular formula is C15H23NO2. The summed E-state index contributed by atoms with van der Waals surface area (Å²) in [6.45, 7) is 4.07. The van der Waals surface area contributed by atoms with Gasteiger partial charge in [-0.2, -0.15) is 0 Å². The third-order valence-corrected chi connectivity index (χ3v) is 2.95. The highest BCUT2D eigenvalue weighted by atomic mass is 16.5. The number of aromatic nitrogens is 1. The van der Waals surface area contributed by atoms with Gasteiger partial charge in [-0.1, -0.05) is 38.7 Å². The molecule has 0 aliphatic carbocycles. The second kappa shape index (κ2) is 8.67. The minimum absolute atomic E-state index is 0.108. The molecule has 3 nitrogen and oxygen atoms in total. The third-order valence-electron chi connectivity index (χ3n) is 2.95. The van der Waals surface area contributed by atoms with Crippen molar-refractivity contribution >= 4 is 5.97 Å². The summed E-state index contributed by atoms with van der Waals surface area (Å²) < 4.78 is 5.36. The number of nitrogens with zero attached hydrogens (tertiary/aromatic N) is 1. The van der Waals surface area contributed by atoms with Crippen molar-refractivity contribution < 1.29 is 9.53 Å². The molecule has 18 heavy (non-hydrogen) atoms. The molecule has 0 aliphatic rings. The molecule has 1 heterocycles. The number of ether oxygens (including phenoxy) is 1. The first kappa shape index (κ1) is 14.7. The van der Waals surface area contributed by atoms with Crippen molar-refractivity contribution in [1.82, 2.24) is 4.98 Å². The first-order valence-electron chi connectivity index (χ1n) is 6.83. The van der Waals surface area contributed by atoms with Gasteiger partial charge in [-0.3, -0.25) is 9.78 Å². The van der Waals surface area contributed by atoms with Crippen LogP contribution in [0.25, 0.3) is 0 Å². The van der Waals surface area contributed by atoms with Gasteiger partial charge in [0, 0.05) is 24.4 Å². The van der Waals surface area contributed by atoms with Crippen molar-refractivity contribution in [1.29, 1.82) is 0 Å². The summed E-state index contributed by atoms with van der Waals surface area (Å²) in [5.41, 5.74) is 0.942. The van der Waals surface area contributed by atoms with Crippen LogP contribution in [0.2, 0.25) is 0 Å². The maximum absolute atomic E-state index is 11.6. The molecule has 0 bridgehead atoms. The van der Waals surface area contributed by atoms with E-state index in [0.717, 1.165) is 18.4 Å². The van der Waals surface area contributed by atoms with Gasteiger partial charge >= 0.3 is 5.97 Å². The molecule has 0 unspecified atom stereocenters. The molecule has 3 heteroatoms. The van der Waals surface area contributed by atoms with Crippen LogP contribution in [0.15, 0.2) is 24.5 Å². The number of pyridine rings is 1. The van der Waals surface area contributed by atoms with E-state index in [4.69, 9.17) is 4.74 Å². The normalized spacial score (nSPS) is 12.1. The van der Waals surface area contributed by atoms with Crippen molar-refractivity contribution in [2.45, 2.75) is 58.5 Å². The van der Waals surface area contributed by atoms with Crippen LogP contribution in [0.5, 0.6) is 0 Å². The van der Waals surface area contributed by atoms with E-state index in [1.54, 1.807) is 12.4 Å². The molecule has 1 aromatic heterocycles. The zero-order chi connectivity index (χ0) is 13.2. The highest BCUT2D eigenvalue weighted by Crippen LogP contribution is 2.16. The number of hydrogen-bond acceptors (Lipinski definition) is 3. The Bertz CT molecular complexity index is 338. The van der Waals surface area contributed by atoms with Gasteiger partial charge in [0.25, 0.3) is 0 Å². The lowest BCUT2D eigenvalue weighted by atomic mass is 10.1. The fourth-order valence-electron chi connectivity index (χ4n) is 1.81. The Hall–Kier alpha value is -1.38. The van der Waals surface area contributed by atoms with E-state index >= 15 is 0 Å². The molecule has 0 fully saturated rings. The number of unbranched alkanes of at least 4 members (excludes halogenated alkanes) is 4. The van der Waals surface area contributed by atoms with Crippen LogP contribution >= 0.6 is 0 Å². The molecule has 0 aromatic carbocycles. The minimum Gasteiger partial charge on any atom is -0.458 e. The smallest absolute Gasteiger partial charge is 0.306 e. The minimum atomic E-state index is -0.207. The van der Waals surface area contributed by atoms with Crippen molar-refractivity contribution in [2.24, 2.45) is 0 Å². The predicted molar refractivity (Wildman–Crippen MR) is 72.1 cm³/mol. The summed E-state index contributed by atoms with van der Waals surface area (Å²) in [5, 5.41) is 0. The van der Waals surface area contributed by atoms with E-state index in [-0.39, 0.29) is 12.1 Å². The fourth-order valence-corrected chi connectivity index (χ4v) is 1.81. The van der Waals surface area contributed by atoms with Crippen LogP contribution in [0, 0.1) is 0 Å². The van der Waals surface area contributed by atoms with Gasteiger partial charge in [-0.15, -0.1) is 0 Å². The van der Waals surface area contributed by atoms with Gasteiger partial charge in [0.1, 0.15) is 6.10 Å². The maximum atomic E-state index is 11.6. The molecule has 0 saturated carbocycles. The van der Waals surface area contributed by atoms with Crippen molar-refractivity contribution in [2.75, 3.05) is 0 Å². The first-order valence-corrected chi connectivity index (χ1v) is 6.83. The third kappa shape index (κ3) is 5.80. The molecule has 0 aliphatic heterocycles. The van der Waals surface area contributed by atoms with Gasteiger partial charge in [0.15, 0.2) is 0 Å². The lowest BCUT2D eigenvalue weighted by Gasteiger charge is -2.12. The topological polar surface area (TPSA) is 39.2 Å². The molecule has 100 valence electrons. The first-order chi connectivity index (χ1) is 8.74. The molecule has 0 radical (unpaired) electrons. The van der Waals surface area contributed by atoms with Gasteiger partial charge < -0.3 is 4.74 Å². The van der Waals surface area contributed by atoms with Crippen LogP contribution in [0.4, 0.5) is 0 Å². The Morgan fingerprint density at radius 2 is 2.11 bits per heavy atom. The summed E-state index contributed by atoms with van der Waals surface area (Å²) in [7, 11) is 0. The Kier molecular flexibility index (Phi) is 7.07. The number of carbonyl (C=O) groups is 1. The van der Waals surface area contributed by atoms with E-state index in [0.29, 0.717) is 6.42 Å². The average Bonchev–Trinajstić information content (AvgIpc) is 2.39. The van der Waals surface area contributed by atoms with Gasteiger partial charge in [-0.05, 0) is 19.4 Å². The molecule has 0 amide bonds. The lowest BCUT2D eigenvalue weighted by molar-refractivity contribution is -0.148. The van der Waals surface area contributed by atoms with Gasteiger partial charge in [0.05, 0.1) is 0 Å². The zero-order valence-corrected chi connectivity index (χ0v) is 11.4. The fraction of sp³-hybridized carbons (Fsp3) is 0.600. The van der Waals surface area contributed by atoms with E-state index in [1.165, 1.54) is 19.3 Å². The Labute approximate surface area is 110 Å². The van der Waals surface area contributed by atoms with Crippen LogP contribution in [-0.4, -0.2) is 11.0 Å². The molecule has 0 spiro atoms. The average molecular weight is 249 g/mol. The highest BCUT2D eigenvalue weighted by Gasteiger charge is 2.11. The zero-order valence-electron chi connectivity index (χ0n) is 11.4. The van der Waals surface area contributed by atoms with Gasteiger partial charge in [0.2, 0.25) is 0 Å². The van der Waals surface area contributed by atoms with Crippen LogP contribution < -0.4 is 0 Å². The summed E-state index contributed by atoms with van der Waals surface area (Å²) >= 11 is 0. The van der Waals surface area contributed by atoms with Crippen molar-refractivity contribution in [3.8, 4) is 0 Å². The number of carbonyl (C=O) groups excluding carboxylic acids is 1. The predicted octanol–water partition coefficient (Wildman–Crippen LogP) is 4.05. The molecule has 1 aromatic rings. The Balaban J connectivity index is 2.20. The highest BCUT2D eigenvalue weighted by molar-refractivity contribution is 5.69. The summed E-state index contributed by atoms with van der Waals surface area (Å²) in [6, 6.07) is 3.77. The van der Waals surface area contributed by atoms with E-state index in [1.807, 2.05) is 19.1 Å². The van der Waals surface area contributed by atoms with Crippen molar-refractivity contribution in [3.63, 3.8) is 0 Å². The number of rotatable bonds is 8. The molecule has 1 atom stereocenters. The quantitative estimate of drug-likeness (QED) is 0.515. The molecule has 1 rings (SSSR count). The second-order valence-electron chi connectivity index (χ2n) is 4.58. The largest absolute Gasteiger partial charge is 0.458 e. The molecular weight excluding hydrogens is 226 g/mol. The number of esters is 1. The van der Waals surface area contributed by atoms with Gasteiger partial charge in [-0.25, -0.2) is 0 Å². The lowest BCUT2D eigenvalue weighted by Crippen LogP contribution is -2.08. The molecule has 0 N–H and O–H groups in total. The SMILES string of the molecule is CCCCCCCC(=O)O[C@H](C)c1cccnc1. The monoisotopic (exact) mass is 249 g/mol. The number of hydrogen-bond donors (Lipinski definition) is 0. The Morgan fingerprint density at radius 1 is 1.33 bits per heavy atom. The molecule has 0 saturated heterocycles. The Morgan fingerprint density at radius 3 is 2.78 bits per heavy atom. The van der Waals surface area contributed by atoms with E-state index < -0.39 is 0 Å². The summed E-state index contributed by atoms with van der Waals surface area (Å²) in [5.74, 6) is -0.108. The maximum Gasteiger partial charge on any atom is 0.306 e. The van der Waals surface area contributed by atoms with Crippen LogP contribution in [-0.2, 0) is 9.53 Å². The summed E-state index contributed by atoms with van der Waals surface area (Å²) in [4.78, 5) is 15.6. The summed E-state index contributed by atoms with van der Waals surface area (Å²) in [6.07, 6.45) is 9.50. The standard InChI is InChI=1S/C15H23NO2/c1-3-4-5-6-7-10-15(17)18-13(2)14-9-8-11-16-12-14/h8-9,11-13H,3-7,10H2,1-2H3/t13-/m1/s1. The second-order valence-corrected chi connectivity index (χ2v) is 4.58. The van der Waals surface area contributed by atoms with Crippen molar-refractivity contribution in [3.05, 3.63) is 30.1 Å². The van der Waals surface area contributed by atoms with E-state index in [9.17, 15) is 4.79 Å². The van der Waals surface area contributed by atoms with Crippen LogP contribution in [0.3, 0.4) is 0 Å². The van der Waals surface area contributed by atoms with Crippen LogP contribution in [0.1, 0.15) is 64.0 Å².